The van der Waals surface area contributed by atoms with Crippen LogP contribution in [0.4, 0.5) is 8.78 Å². The summed E-state index contributed by atoms with van der Waals surface area (Å²) in [5.74, 6) is 1.17. The normalized spacial score (nSPS) is 33.4. The molecule has 0 heterocycles. The quantitative estimate of drug-likeness (QED) is 0.382. The second kappa shape index (κ2) is 11.3. The zero-order valence-corrected chi connectivity index (χ0v) is 20.1. The van der Waals surface area contributed by atoms with Crippen molar-refractivity contribution >= 4 is 0 Å². The van der Waals surface area contributed by atoms with E-state index in [2.05, 4.69) is 26.0 Å². The molecule has 1 aromatic carbocycles. The number of ether oxygens (including phenoxy) is 1. The number of hydrogen-bond donors (Lipinski definition) is 0. The molecular formula is C29H42F2O. The van der Waals surface area contributed by atoms with E-state index < -0.39 is 11.6 Å². The molecule has 0 spiro atoms. The highest BCUT2D eigenvalue weighted by Crippen LogP contribution is 2.41. The summed E-state index contributed by atoms with van der Waals surface area (Å²) >= 11 is 0. The van der Waals surface area contributed by atoms with Crippen LogP contribution in [0.1, 0.15) is 114 Å². The van der Waals surface area contributed by atoms with Gasteiger partial charge in [0.05, 0.1) is 12.7 Å². The standard InChI is InChI=1S/C29H42F2O/c1-3-4-21-9-11-23(12-10-21)26-17-18-27(29(31)28(26)30)24-13-15-25(16-14-24)32-19-22-7-5-20(2)6-8-22/h5,7,17-18,20-25H,3-4,6,8-16,19H2,1-2H3. The number of hydrogen-bond acceptors (Lipinski definition) is 1. The van der Waals surface area contributed by atoms with Gasteiger partial charge in [-0.1, -0.05) is 51.0 Å². The van der Waals surface area contributed by atoms with Crippen LogP contribution in [-0.4, -0.2) is 12.7 Å². The lowest BCUT2D eigenvalue weighted by atomic mass is 9.76. The molecule has 1 nitrogen and oxygen atoms in total. The van der Waals surface area contributed by atoms with Gasteiger partial charge in [-0.2, -0.15) is 0 Å². The lowest BCUT2D eigenvalue weighted by Gasteiger charge is -2.31. The molecule has 2 atom stereocenters. The Morgan fingerprint density at radius 3 is 1.91 bits per heavy atom. The van der Waals surface area contributed by atoms with Crippen LogP contribution >= 0.6 is 0 Å². The lowest BCUT2D eigenvalue weighted by Crippen LogP contribution is -2.24. The van der Waals surface area contributed by atoms with Gasteiger partial charge in [0.25, 0.3) is 0 Å². The van der Waals surface area contributed by atoms with Gasteiger partial charge in [-0.05, 0) is 99.0 Å². The molecular weight excluding hydrogens is 402 g/mol. The highest BCUT2D eigenvalue weighted by atomic mass is 19.2. The molecule has 0 aromatic heterocycles. The monoisotopic (exact) mass is 444 g/mol. The van der Waals surface area contributed by atoms with Crippen LogP contribution < -0.4 is 0 Å². The van der Waals surface area contributed by atoms with E-state index in [1.165, 1.54) is 25.7 Å². The summed E-state index contributed by atoms with van der Waals surface area (Å²) in [6.45, 7) is 5.30. The Morgan fingerprint density at radius 1 is 0.781 bits per heavy atom. The third kappa shape index (κ3) is 5.82. The Labute approximate surface area is 194 Å². The molecule has 32 heavy (non-hydrogen) atoms. The van der Waals surface area contributed by atoms with E-state index in [0.29, 0.717) is 23.0 Å². The van der Waals surface area contributed by atoms with Gasteiger partial charge < -0.3 is 4.74 Å². The highest BCUT2D eigenvalue weighted by molar-refractivity contribution is 5.32. The molecule has 0 aliphatic heterocycles. The van der Waals surface area contributed by atoms with Crippen molar-refractivity contribution in [3.63, 3.8) is 0 Å². The van der Waals surface area contributed by atoms with Gasteiger partial charge in [0.15, 0.2) is 11.6 Å². The van der Waals surface area contributed by atoms with Gasteiger partial charge in [-0.25, -0.2) is 8.78 Å². The number of allylic oxidation sites excluding steroid dienone is 1. The molecule has 3 aliphatic carbocycles. The highest BCUT2D eigenvalue weighted by Gasteiger charge is 2.30. The number of rotatable bonds is 7. The molecule has 3 aliphatic rings. The number of benzene rings is 1. The van der Waals surface area contributed by atoms with E-state index in [-0.39, 0.29) is 17.9 Å². The summed E-state index contributed by atoms with van der Waals surface area (Å²) in [6.07, 6.45) is 17.8. The molecule has 3 heteroatoms. The summed E-state index contributed by atoms with van der Waals surface area (Å²) < 4.78 is 36.4. The minimum absolute atomic E-state index is 0.120. The third-order valence-electron chi connectivity index (χ3n) is 8.49. The predicted molar refractivity (Wildman–Crippen MR) is 128 cm³/mol. The molecule has 178 valence electrons. The molecule has 0 saturated heterocycles. The first kappa shape index (κ1) is 23.9. The van der Waals surface area contributed by atoms with Gasteiger partial charge in [-0.3, -0.25) is 0 Å². The minimum Gasteiger partial charge on any atom is -0.378 e. The van der Waals surface area contributed by atoms with Crippen LogP contribution in [0, 0.1) is 29.4 Å². The maximum Gasteiger partial charge on any atom is 0.162 e. The molecule has 0 amide bonds. The third-order valence-corrected chi connectivity index (χ3v) is 8.49. The van der Waals surface area contributed by atoms with Crippen molar-refractivity contribution in [1.82, 2.24) is 0 Å². The second-order valence-corrected chi connectivity index (χ2v) is 10.9. The molecule has 0 radical (unpaired) electrons. The molecule has 2 saturated carbocycles. The van der Waals surface area contributed by atoms with Crippen molar-refractivity contribution in [2.45, 2.75) is 109 Å². The molecule has 1 aromatic rings. The largest absolute Gasteiger partial charge is 0.378 e. The van der Waals surface area contributed by atoms with E-state index in [0.717, 1.165) is 63.9 Å². The zero-order valence-electron chi connectivity index (χ0n) is 20.1. The number of halogens is 2. The first-order chi connectivity index (χ1) is 15.5. The van der Waals surface area contributed by atoms with Crippen LogP contribution in [0.15, 0.2) is 24.3 Å². The van der Waals surface area contributed by atoms with Gasteiger partial charge in [-0.15, -0.1) is 0 Å². The summed E-state index contributed by atoms with van der Waals surface area (Å²) in [7, 11) is 0. The lowest BCUT2D eigenvalue weighted by molar-refractivity contribution is 0.00921. The van der Waals surface area contributed by atoms with E-state index in [4.69, 9.17) is 4.74 Å². The Morgan fingerprint density at radius 2 is 1.38 bits per heavy atom. The molecule has 2 fully saturated rings. The van der Waals surface area contributed by atoms with E-state index in [1.54, 1.807) is 0 Å². The fourth-order valence-corrected chi connectivity index (χ4v) is 6.34. The Kier molecular flexibility index (Phi) is 8.43. The van der Waals surface area contributed by atoms with Gasteiger partial charge in [0, 0.05) is 5.92 Å². The summed E-state index contributed by atoms with van der Waals surface area (Å²) in [4.78, 5) is 0. The van der Waals surface area contributed by atoms with Crippen molar-refractivity contribution < 1.29 is 13.5 Å². The van der Waals surface area contributed by atoms with Crippen molar-refractivity contribution in [1.29, 1.82) is 0 Å². The van der Waals surface area contributed by atoms with Crippen LogP contribution in [0.3, 0.4) is 0 Å². The summed E-state index contributed by atoms with van der Waals surface area (Å²) in [5.41, 5.74) is 1.21. The Hall–Kier alpha value is -1.22. The van der Waals surface area contributed by atoms with Crippen LogP contribution in [0.5, 0.6) is 0 Å². The fourth-order valence-electron chi connectivity index (χ4n) is 6.34. The smallest absolute Gasteiger partial charge is 0.162 e. The van der Waals surface area contributed by atoms with E-state index >= 15 is 8.78 Å². The first-order valence-corrected chi connectivity index (χ1v) is 13.3. The maximum absolute atomic E-state index is 15.1. The average Bonchev–Trinajstić information content (AvgIpc) is 2.82. The summed E-state index contributed by atoms with van der Waals surface area (Å²) in [5, 5.41) is 0. The molecule has 0 N–H and O–H groups in total. The van der Waals surface area contributed by atoms with Crippen molar-refractivity contribution in [3.05, 3.63) is 47.0 Å². The molecule has 2 unspecified atom stereocenters. The van der Waals surface area contributed by atoms with Crippen molar-refractivity contribution in [3.8, 4) is 0 Å². The van der Waals surface area contributed by atoms with Crippen molar-refractivity contribution in [2.75, 3.05) is 6.61 Å². The Balaban J connectivity index is 1.29. The van der Waals surface area contributed by atoms with Gasteiger partial charge in [0.2, 0.25) is 0 Å². The average molecular weight is 445 g/mol. The first-order valence-electron chi connectivity index (χ1n) is 13.3. The SMILES string of the molecule is CCCC1CCC(c2ccc(C3CCC(OCC4C=CC(C)CC4)CC3)c(F)c2F)CC1. The maximum atomic E-state index is 15.1. The van der Waals surface area contributed by atoms with Crippen LogP contribution in [0.25, 0.3) is 0 Å². The second-order valence-electron chi connectivity index (χ2n) is 10.9. The fraction of sp³-hybridized carbons (Fsp3) is 0.724. The Bertz CT molecular complexity index is 757. The topological polar surface area (TPSA) is 9.23 Å². The van der Waals surface area contributed by atoms with Gasteiger partial charge >= 0.3 is 0 Å². The van der Waals surface area contributed by atoms with Crippen LogP contribution in [-0.2, 0) is 4.74 Å². The minimum atomic E-state index is -0.580. The van der Waals surface area contributed by atoms with Gasteiger partial charge in [0.1, 0.15) is 0 Å². The predicted octanol–water partition coefficient (Wildman–Crippen LogP) is 8.68. The van der Waals surface area contributed by atoms with E-state index in [9.17, 15) is 0 Å². The van der Waals surface area contributed by atoms with Crippen LogP contribution in [0.2, 0.25) is 0 Å². The summed E-state index contributed by atoms with van der Waals surface area (Å²) in [6, 6.07) is 3.79. The van der Waals surface area contributed by atoms with Crippen molar-refractivity contribution in [2.24, 2.45) is 17.8 Å². The molecule has 4 rings (SSSR count). The van der Waals surface area contributed by atoms with E-state index in [1.807, 2.05) is 12.1 Å². The molecule has 0 bridgehead atoms. The zero-order chi connectivity index (χ0) is 22.5.